The van der Waals surface area contributed by atoms with E-state index in [1.807, 2.05) is 6.07 Å². The summed E-state index contributed by atoms with van der Waals surface area (Å²) in [5.41, 5.74) is 1.22. The van der Waals surface area contributed by atoms with Crippen LogP contribution in [-0.2, 0) is 10.0 Å². The third-order valence-corrected chi connectivity index (χ3v) is 6.17. The van der Waals surface area contributed by atoms with Gasteiger partial charge in [0.2, 0.25) is 10.0 Å². The largest absolute Gasteiger partial charge is 0.435 e. The SMILES string of the molecule is CNS(=O)(=O)[C@H]1CCN(c2c(C#N)cnc3ccc(OC(F)F)cc23)C1. The molecule has 0 unspecified atom stereocenters. The van der Waals surface area contributed by atoms with Gasteiger partial charge in [-0.3, -0.25) is 4.98 Å². The van der Waals surface area contributed by atoms with Crippen LogP contribution in [0.1, 0.15) is 12.0 Å². The van der Waals surface area contributed by atoms with Crippen molar-refractivity contribution in [2.45, 2.75) is 18.3 Å². The first-order valence-corrected chi connectivity index (χ1v) is 9.35. The number of hydrogen-bond acceptors (Lipinski definition) is 6. The van der Waals surface area contributed by atoms with Gasteiger partial charge in [0.05, 0.1) is 22.0 Å². The number of pyridine rings is 1. The van der Waals surface area contributed by atoms with Crippen molar-refractivity contribution in [1.82, 2.24) is 9.71 Å². The third kappa shape index (κ3) is 3.40. The zero-order valence-electron chi connectivity index (χ0n) is 13.8. The monoisotopic (exact) mass is 382 g/mol. The van der Waals surface area contributed by atoms with Crippen LogP contribution in [-0.4, -0.2) is 45.4 Å². The Kier molecular flexibility index (Phi) is 4.93. The second-order valence-electron chi connectivity index (χ2n) is 5.80. The van der Waals surface area contributed by atoms with E-state index < -0.39 is 21.9 Å². The number of sulfonamides is 1. The van der Waals surface area contributed by atoms with Gasteiger partial charge in [0, 0.05) is 24.7 Å². The lowest BCUT2D eigenvalue weighted by Crippen LogP contribution is -2.34. The first kappa shape index (κ1) is 18.3. The smallest absolute Gasteiger partial charge is 0.387 e. The van der Waals surface area contributed by atoms with Crippen LogP contribution in [0.5, 0.6) is 5.75 Å². The van der Waals surface area contributed by atoms with E-state index in [0.717, 1.165) is 0 Å². The van der Waals surface area contributed by atoms with E-state index >= 15 is 0 Å². The number of fused-ring (bicyclic) bond motifs is 1. The molecule has 0 bridgehead atoms. The minimum atomic E-state index is -3.45. The fourth-order valence-electron chi connectivity index (χ4n) is 3.11. The standard InChI is InChI=1S/C16H16F2N4O3S/c1-20-26(23,24)12-4-5-22(9-12)15-10(7-19)8-21-14-3-2-11(6-13(14)15)25-16(17)18/h2-3,6,8,12,16,20H,4-5,9H2,1H3/t12-/m0/s1. The van der Waals surface area contributed by atoms with Gasteiger partial charge in [-0.25, -0.2) is 13.1 Å². The predicted octanol–water partition coefficient (Wildman–Crippen LogP) is 1.84. The zero-order valence-corrected chi connectivity index (χ0v) is 14.6. The topological polar surface area (TPSA) is 95.3 Å². The Bertz CT molecular complexity index is 975. The molecule has 2 aromatic rings. The van der Waals surface area contributed by atoms with Crippen LogP contribution in [0.4, 0.5) is 14.5 Å². The summed E-state index contributed by atoms with van der Waals surface area (Å²) in [5.74, 6) is -0.0516. The summed E-state index contributed by atoms with van der Waals surface area (Å²) in [6.45, 7) is -2.36. The van der Waals surface area contributed by atoms with E-state index in [1.54, 1.807) is 4.90 Å². The van der Waals surface area contributed by atoms with Gasteiger partial charge in [0.25, 0.3) is 0 Å². The summed E-state index contributed by atoms with van der Waals surface area (Å²) >= 11 is 0. The maximum absolute atomic E-state index is 12.5. The van der Waals surface area contributed by atoms with Crippen LogP contribution in [0.2, 0.25) is 0 Å². The number of aromatic nitrogens is 1. The molecule has 1 atom stereocenters. The van der Waals surface area contributed by atoms with E-state index in [4.69, 9.17) is 0 Å². The van der Waals surface area contributed by atoms with Gasteiger partial charge >= 0.3 is 6.61 Å². The lowest BCUT2D eigenvalue weighted by atomic mass is 10.1. The molecule has 0 aliphatic carbocycles. The number of benzene rings is 1. The van der Waals surface area contributed by atoms with Crippen LogP contribution in [0.3, 0.4) is 0 Å². The second kappa shape index (κ2) is 7.01. The average Bonchev–Trinajstić information content (AvgIpc) is 3.10. The number of nitrogens with zero attached hydrogens (tertiary/aromatic N) is 3. The van der Waals surface area contributed by atoms with Crippen molar-refractivity contribution in [2.75, 3.05) is 25.0 Å². The molecular formula is C16H16F2N4O3S. The first-order chi connectivity index (χ1) is 12.4. The van der Waals surface area contributed by atoms with Crippen molar-refractivity contribution in [2.24, 2.45) is 0 Å². The van der Waals surface area contributed by atoms with Gasteiger partial charge in [0.15, 0.2) is 0 Å². The molecule has 0 spiro atoms. The molecule has 10 heteroatoms. The number of halogens is 2. The highest BCUT2D eigenvalue weighted by molar-refractivity contribution is 7.90. The van der Waals surface area contributed by atoms with Gasteiger partial charge in [-0.1, -0.05) is 0 Å². The summed E-state index contributed by atoms with van der Waals surface area (Å²) in [4.78, 5) is 5.94. The van der Waals surface area contributed by atoms with Crippen molar-refractivity contribution < 1.29 is 21.9 Å². The summed E-state index contributed by atoms with van der Waals surface area (Å²) in [7, 11) is -2.09. The first-order valence-electron chi connectivity index (χ1n) is 7.80. The van der Waals surface area contributed by atoms with Crippen molar-refractivity contribution in [3.8, 4) is 11.8 Å². The lowest BCUT2D eigenvalue weighted by Gasteiger charge is -2.22. The normalized spacial score (nSPS) is 17.7. The summed E-state index contributed by atoms with van der Waals surface area (Å²) in [6, 6.07) is 6.32. The van der Waals surface area contributed by atoms with Crippen molar-refractivity contribution in [3.05, 3.63) is 30.0 Å². The van der Waals surface area contributed by atoms with E-state index in [2.05, 4.69) is 14.4 Å². The predicted molar refractivity (Wildman–Crippen MR) is 91.7 cm³/mol. The fraction of sp³-hybridized carbons (Fsp3) is 0.375. The maximum atomic E-state index is 12.5. The maximum Gasteiger partial charge on any atom is 0.387 e. The van der Waals surface area contributed by atoms with Crippen LogP contribution in [0.25, 0.3) is 10.9 Å². The highest BCUT2D eigenvalue weighted by Crippen LogP contribution is 2.35. The quantitative estimate of drug-likeness (QED) is 0.848. The Hall–Kier alpha value is -2.51. The molecule has 138 valence electrons. The average molecular weight is 382 g/mol. The molecule has 1 aromatic heterocycles. The Morgan fingerprint density at radius 2 is 2.23 bits per heavy atom. The van der Waals surface area contributed by atoms with Crippen molar-refractivity contribution >= 4 is 26.6 Å². The number of nitrogens with one attached hydrogen (secondary N) is 1. The minimum absolute atomic E-state index is 0.0516. The molecule has 0 amide bonds. The zero-order chi connectivity index (χ0) is 18.9. The van der Waals surface area contributed by atoms with Crippen LogP contribution in [0, 0.1) is 11.3 Å². The van der Waals surface area contributed by atoms with E-state index in [0.29, 0.717) is 29.6 Å². The number of nitriles is 1. The minimum Gasteiger partial charge on any atom is -0.435 e. The molecule has 2 heterocycles. The Balaban J connectivity index is 2.07. The summed E-state index contributed by atoms with van der Waals surface area (Å²) in [5, 5.41) is 9.27. The van der Waals surface area contributed by atoms with Gasteiger partial charge < -0.3 is 9.64 Å². The Morgan fingerprint density at radius 1 is 1.46 bits per heavy atom. The van der Waals surface area contributed by atoms with Gasteiger partial charge in [-0.15, -0.1) is 0 Å². The summed E-state index contributed by atoms with van der Waals surface area (Å²) in [6.07, 6.45) is 1.79. The fourth-order valence-corrected chi connectivity index (χ4v) is 4.23. The highest BCUT2D eigenvalue weighted by Gasteiger charge is 2.34. The van der Waals surface area contributed by atoms with Crippen molar-refractivity contribution in [3.63, 3.8) is 0 Å². The van der Waals surface area contributed by atoms with Crippen LogP contribution >= 0.6 is 0 Å². The molecule has 1 fully saturated rings. The number of alkyl halides is 2. The molecule has 0 radical (unpaired) electrons. The molecule has 1 aromatic carbocycles. The number of ether oxygens (including phenoxy) is 1. The highest BCUT2D eigenvalue weighted by atomic mass is 32.2. The molecule has 1 aliphatic rings. The van der Waals surface area contributed by atoms with Crippen molar-refractivity contribution in [1.29, 1.82) is 5.26 Å². The number of hydrogen-bond donors (Lipinski definition) is 1. The molecule has 1 N–H and O–H groups in total. The molecule has 1 saturated heterocycles. The van der Waals surface area contributed by atoms with Crippen LogP contribution in [0.15, 0.2) is 24.4 Å². The number of anilines is 1. The Labute approximate surface area is 149 Å². The molecule has 7 nitrogen and oxygen atoms in total. The Morgan fingerprint density at radius 3 is 2.88 bits per heavy atom. The van der Waals surface area contributed by atoms with Gasteiger partial charge in [0.1, 0.15) is 11.8 Å². The summed E-state index contributed by atoms with van der Waals surface area (Å²) < 4.78 is 55.9. The molecule has 1 aliphatic heterocycles. The molecule has 0 saturated carbocycles. The van der Waals surface area contributed by atoms with E-state index in [9.17, 15) is 22.5 Å². The van der Waals surface area contributed by atoms with E-state index in [1.165, 1.54) is 31.4 Å². The van der Waals surface area contributed by atoms with Crippen LogP contribution < -0.4 is 14.4 Å². The molecular weight excluding hydrogens is 366 g/mol. The molecule has 26 heavy (non-hydrogen) atoms. The van der Waals surface area contributed by atoms with Gasteiger partial charge in [-0.2, -0.15) is 14.0 Å². The molecule has 3 rings (SSSR count). The lowest BCUT2D eigenvalue weighted by molar-refractivity contribution is -0.0497. The number of rotatable bonds is 5. The third-order valence-electron chi connectivity index (χ3n) is 4.34. The van der Waals surface area contributed by atoms with E-state index in [-0.39, 0.29) is 17.9 Å². The van der Waals surface area contributed by atoms with Gasteiger partial charge in [-0.05, 0) is 31.7 Å². The second-order valence-corrected chi connectivity index (χ2v) is 7.96.